The van der Waals surface area contributed by atoms with E-state index in [-0.39, 0.29) is 6.42 Å². The first-order valence-electron chi connectivity index (χ1n) is 6.92. The summed E-state index contributed by atoms with van der Waals surface area (Å²) in [6, 6.07) is 0.996. The lowest BCUT2D eigenvalue weighted by molar-refractivity contribution is -0.135. The normalized spacial score (nSPS) is 27.8. The molecular formula is C13H25F3N2. The van der Waals surface area contributed by atoms with Crippen LogP contribution in [0.5, 0.6) is 0 Å². The highest BCUT2D eigenvalue weighted by molar-refractivity contribution is 4.75. The maximum Gasteiger partial charge on any atom is 0.389 e. The molecule has 0 radical (unpaired) electrons. The van der Waals surface area contributed by atoms with Gasteiger partial charge in [-0.1, -0.05) is 0 Å². The van der Waals surface area contributed by atoms with Gasteiger partial charge in [0.1, 0.15) is 0 Å². The van der Waals surface area contributed by atoms with Gasteiger partial charge in [-0.05, 0) is 59.2 Å². The Balaban J connectivity index is 2.20. The summed E-state index contributed by atoms with van der Waals surface area (Å²) >= 11 is 0. The Kier molecular flexibility index (Phi) is 6.43. The van der Waals surface area contributed by atoms with E-state index in [1.807, 2.05) is 0 Å². The van der Waals surface area contributed by atoms with Crippen molar-refractivity contribution in [1.29, 1.82) is 0 Å². The topological polar surface area (TPSA) is 15.3 Å². The van der Waals surface area contributed by atoms with Gasteiger partial charge in [-0.2, -0.15) is 13.2 Å². The maximum atomic E-state index is 12.0. The molecule has 0 spiro atoms. The first-order chi connectivity index (χ1) is 8.37. The molecule has 0 bridgehead atoms. The molecule has 1 aliphatic rings. The SMILES string of the molecule is CC1CCN(CCCCC(F)(F)F)CCC(C)N1. The molecule has 1 aliphatic heterocycles. The molecular weight excluding hydrogens is 241 g/mol. The van der Waals surface area contributed by atoms with E-state index in [4.69, 9.17) is 0 Å². The van der Waals surface area contributed by atoms with Gasteiger partial charge in [0.15, 0.2) is 0 Å². The van der Waals surface area contributed by atoms with Crippen molar-refractivity contribution in [3.63, 3.8) is 0 Å². The molecule has 1 saturated heterocycles. The number of hydrogen-bond donors (Lipinski definition) is 1. The van der Waals surface area contributed by atoms with Gasteiger partial charge in [0, 0.05) is 18.5 Å². The lowest BCUT2D eigenvalue weighted by Gasteiger charge is -2.30. The van der Waals surface area contributed by atoms with Crippen molar-refractivity contribution in [3.05, 3.63) is 0 Å². The molecule has 2 nitrogen and oxygen atoms in total. The molecule has 1 heterocycles. The van der Waals surface area contributed by atoms with E-state index in [2.05, 4.69) is 24.1 Å². The zero-order valence-electron chi connectivity index (χ0n) is 11.4. The van der Waals surface area contributed by atoms with Crippen LogP contribution in [-0.4, -0.2) is 42.8 Å². The first kappa shape index (κ1) is 15.8. The molecule has 5 heteroatoms. The summed E-state index contributed by atoms with van der Waals surface area (Å²) in [7, 11) is 0. The average Bonchev–Trinajstić information content (AvgIpc) is 2.23. The van der Waals surface area contributed by atoms with Crippen molar-refractivity contribution in [2.24, 2.45) is 0 Å². The Labute approximate surface area is 108 Å². The summed E-state index contributed by atoms with van der Waals surface area (Å²) in [6.07, 6.45) is -1.59. The monoisotopic (exact) mass is 266 g/mol. The molecule has 18 heavy (non-hydrogen) atoms. The molecule has 108 valence electrons. The molecule has 2 atom stereocenters. The van der Waals surface area contributed by atoms with Gasteiger partial charge < -0.3 is 10.2 Å². The van der Waals surface area contributed by atoms with Gasteiger partial charge in [0.05, 0.1) is 0 Å². The summed E-state index contributed by atoms with van der Waals surface area (Å²) in [5.41, 5.74) is 0. The van der Waals surface area contributed by atoms with Gasteiger partial charge in [-0.15, -0.1) is 0 Å². The van der Waals surface area contributed by atoms with Crippen molar-refractivity contribution in [2.75, 3.05) is 19.6 Å². The van der Waals surface area contributed by atoms with Crippen LogP contribution in [0.2, 0.25) is 0 Å². The number of rotatable bonds is 4. The van der Waals surface area contributed by atoms with Crippen molar-refractivity contribution in [3.8, 4) is 0 Å². The summed E-state index contributed by atoms with van der Waals surface area (Å²) in [5, 5.41) is 3.51. The minimum Gasteiger partial charge on any atom is -0.312 e. The van der Waals surface area contributed by atoms with Crippen LogP contribution in [-0.2, 0) is 0 Å². The highest BCUT2D eigenvalue weighted by Crippen LogP contribution is 2.22. The van der Waals surface area contributed by atoms with Gasteiger partial charge in [0.25, 0.3) is 0 Å². The Bertz CT molecular complexity index is 219. The fraction of sp³-hybridized carbons (Fsp3) is 1.00. The summed E-state index contributed by atoms with van der Waals surface area (Å²) in [5.74, 6) is 0. The standard InChI is InChI=1S/C13H25F3N2/c1-11-5-9-18(10-6-12(2)17-11)8-4-3-7-13(14,15)16/h11-12,17H,3-10H2,1-2H3. The lowest BCUT2D eigenvalue weighted by atomic mass is 10.1. The van der Waals surface area contributed by atoms with E-state index in [0.29, 0.717) is 18.5 Å². The Morgan fingerprint density at radius 1 is 1.06 bits per heavy atom. The van der Waals surface area contributed by atoms with E-state index in [1.165, 1.54) is 0 Å². The number of hydrogen-bond acceptors (Lipinski definition) is 2. The third kappa shape index (κ3) is 7.21. The molecule has 0 aromatic carbocycles. The van der Waals surface area contributed by atoms with Gasteiger partial charge >= 0.3 is 6.18 Å². The number of nitrogens with zero attached hydrogens (tertiary/aromatic N) is 1. The summed E-state index contributed by atoms with van der Waals surface area (Å²) in [4.78, 5) is 2.31. The second-order valence-electron chi connectivity index (χ2n) is 5.46. The number of alkyl halides is 3. The summed E-state index contributed by atoms with van der Waals surface area (Å²) < 4.78 is 36.1. The van der Waals surface area contributed by atoms with Crippen LogP contribution in [0.4, 0.5) is 13.2 Å². The third-order valence-corrected chi connectivity index (χ3v) is 3.51. The molecule has 0 saturated carbocycles. The van der Waals surface area contributed by atoms with Crippen molar-refractivity contribution in [1.82, 2.24) is 10.2 Å². The van der Waals surface area contributed by atoms with Crippen LogP contribution in [0, 0.1) is 0 Å². The molecule has 1 rings (SSSR count). The molecule has 2 unspecified atom stereocenters. The zero-order chi connectivity index (χ0) is 13.6. The molecule has 0 aromatic rings. The Morgan fingerprint density at radius 3 is 2.11 bits per heavy atom. The van der Waals surface area contributed by atoms with Crippen LogP contribution >= 0.6 is 0 Å². The number of unbranched alkanes of at least 4 members (excludes halogenated alkanes) is 1. The van der Waals surface area contributed by atoms with Gasteiger partial charge in [-0.25, -0.2) is 0 Å². The molecule has 0 aliphatic carbocycles. The van der Waals surface area contributed by atoms with Crippen LogP contribution in [0.15, 0.2) is 0 Å². The average molecular weight is 266 g/mol. The second kappa shape index (κ2) is 7.34. The maximum absolute atomic E-state index is 12.0. The van der Waals surface area contributed by atoms with Gasteiger partial charge in [0.2, 0.25) is 0 Å². The van der Waals surface area contributed by atoms with E-state index >= 15 is 0 Å². The Morgan fingerprint density at radius 2 is 1.61 bits per heavy atom. The van der Waals surface area contributed by atoms with E-state index in [0.717, 1.165) is 32.5 Å². The number of halogens is 3. The van der Waals surface area contributed by atoms with Crippen LogP contribution in [0.3, 0.4) is 0 Å². The number of nitrogens with one attached hydrogen (secondary N) is 1. The van der Waals surface area contributed by atoms with Crippen molar-refractivity contribution >= 4 is 0 Å². The smallest absolute Gasteiger partial charge is 0.312 e. The molecule has 1 N–H and O–H groups in total. The fourth-order valence-corrected chi connectivity index (χ4v) is 2.40. The minimum absolute atomic E-state index is 0.253. The van der Waals surface area contributed by atoms with Crippen LogP contribution in [0.25, 0.3) is 0 Å². The predicted molar refractivity (Wildman–Crippen MR) is 67.6 cm³/mol. The highest BCUT2D eigenvalue weighted by Gasteiger charge is 2.26. The second-order valence-corrected chi connectivity index (χ2v) is 5.46. The van der Waals surface area contributed by atoms with Gasteiger partial charge in [-0.3, -0.25) is 0 Å². The molecule has 0 aromatic heterocycles. The van der Waals surface area contributed by atoms with Crippen LogP contribution in [0.1, 0.15) is 46.0 Å². The minimum atomic E-state index is -4.00. The van der Waals surface area contributed by atoms with Crippen molar-refractivity contribution < 1.29 is 13.2 Å². The highest BCUT2D eigenvalue weighted by atomic mass is 19.4. The van der Waals surface area contributed by atoms with E-state index in [1.54, 1.807) is 0 Å². The van der Waals surface area contributed by atoms with Crippen LogP contribution < -0.4 is 5.32 Å². The predicted octanol–water partition coefficient (Wildman–Crippen LogP) is 3.18. The third-order valence-electron chi connectivity index (χ3n) is 3.51. The lowest BCUT2D eigenvalue weighted by Crippen LogP contribution is -2.43. The molecule has 0 amide bonds. The zero-order valence-corrected chi connectivity index (χ0v) is 11.4. The summed E-state index contributed by atoms with van der Waals surface area (Å²) in [6.45, 7) is 7.13. The Hall–Kier alpha value is -0.290. The largest absolute Gasteiger partial charge is 0.389 e. The fourth-order valence-electron chi connectivity index (χ4n) is 2.40. The quantitative estimate of drug-likeness (QED) is 0.786. The van der Waals surface area contributed by atoms with E-state index < -0.39 is 12.6 Å². The van der Waals surface area contributed by atoms with Crippen molar-refractivity contribution in [2.45, 2.75) is 64.2 Å². The first-order valence-corrected chi connectivity index (χ1v) is 6.92. The molecule has 1 fully saturated rings. The van der Waals surface area contributed by atoms with E-state index in [9.17, 15) is 13.2 Å².